The van der Waals surface area contributed by atoms with Gasteiger partial charge in [0, 0.05) is 23.3 Å². The number of ether oxygens (including phenoxy) is 1. The number of rotatable bonds is 13. The number of carbonyl (C=O) groups is 3. The van der Waals surface area contributed by atoms with Crippen molar-refractivity contribution < 1.29 is 27.5 Å². The van der Waals surface area contributed by atoms with Crippen molar-refractivity contribution in [1.29, 1.82) is 0 Å². The summed E-state index contributed by atoms with van der Waals surface area (Å²) in [5, 5.41) is 3.41. The zero-order valence-corrected chi connectivity index (χ0v) is 23.9. The first kappa shape index (κ1) is 30.8. The lowest BCUT2D eigenvalue weighted by molar-refractivity contribution is 0.0435. The van der Waals surface area contributed by atoms with Crippen LogP contribution in [0.15, 0.2) is 71.8 Å². The van der Waals surface area contributed by atoms with E-state index >= 15 is 0 Å². The first-order valence-corrected chi connectivity index (χ1v) is 14.8. The van der Waals surface area contributed by atoms with Crippen molar-refractivity contribution in [1.82, 2.24) is 15.0 Å². The van der Waals surface area contributed by atoms with Crippen LogP contribution in [-0.2, 0) is 21.2 Å². The van der Waals surface area contributed by atoms with E-state index in [-0.39, 0.29) is 40.1 Å². The Hall–Kier alpha value is -3.76. The SMILES string of the molecule is CCCCC(C)COC(=O)c1ccc(C(=O)NS(=O)(=O)c2ccc(C(=O)NCCc3ccc(Cl)cc3)cc2)cn1. The lowest BCUT2D eigenvalue weighted by Gasteiger charge is -2.11. The highest BCUT2D eigenvalue weighted by Gasteiger charge is 2.20. The van der Waals surface area contributed by atoms with Crippen molar-refractivity contribution >= 4 is 39.4 Å². The minimum atomic E-state index is -4.22. The standard InChI is InChI=1S/C29H32ClN3O6S/c1-3-4-5-20(2)19-39-29(36)26-15-10-23(18-32-26)28(35)33-40(37,38)25-13-8-22(9-14-25)27(34)31-17-16-21-6-11-24(30)12-7-21/h6-15,18,20H,3-5,16-17,19H2,1-2H3,(H,31,34)(H,33,35). The van der Waals surface area contributed by atoms with Crippen molar-refractivity contribution in [3.05, 3.63) is 94.3 Å². The molecule has 2 aromatic carbocycles. The van der Waals surface area contributed by atoms with Crippen LogP contribution in [0.5, 0.6) is 0 Å². The average Bonchev–Trinajstić information content (AvgIpc) is 2.95. The Balaban J connectivity index is 1.52. The predicted molar refractivity (Wildman–Crippen MR) is 152 cm³/mol. The maximum Gasteiger partial charge on any atom is 0.356 e. The van der Waals surface area contributed by atoms with E-state index in [0.717, 1.165) is 31.0 Å². The first-order valence-electron chi connectivity index (χ1n) is 12.9. The lowest BCUT2D eigenvalue weighted by Crippen LogP contribution is -2.31. The van der Waals surface area contributed by atoms with E-state index in [4.69, 9.17) is 16.3 Å². The average molecular weight is 586 g/mol. The van der Waals surface area contributed by atoms with Gasteiger partial charge in [-0.3, -0.25) is 9.59 Å². The maximum absolute atomic E-state index is 12.7. The van der Waals surface area contributed by atoms with Crippen LogP contribution in [-0.4, -0.2) is 44.3 Å². The van der Waals surface area contributed by atoms with Crippen LogP contribution >= 0.6 is 11.6 Å². The molecule has 0 aliphatic rings. The molecule has 212 valence electrons. The molecule has 9 nitrogen and oxygen atoms in total. The second-order valence-corrected chi connectivity index (χ2v) is 11.5. The molecule has 1 heterocycles. The minimum absolute atomic E-state index is 0.0177. The summed E-state index contributed by atoms with van der Waals surface area (Å²) in [6, 6.07) is 15.1. The monoisotopic (exact) mass is 585 g/mol. The molecule has 1 unspecified atom stereocenters. The van der Waals surface area contributed by atoms with Crippen molar-refractivity contribution in [2.75, 3.05) is 13.2 Å². The summed E-state index contributed by atoms with van der Waals surface area (Å²) < 4.78 is 32.7. The third-order valence-electron chi connectivity index (χ3n) is 6.05. The second-order valence-electron chi connectivity index (χ2n) is 9.37. The van der Waals surface area contributed by atoms with E-state index in [1.165, 1.54) is 36.4 Å². The molecule has 3 aromatic rings. The van der Waals surface area contributed by atoms with Gasteiger partial charge in [-0.25, -0.2) is 22.9 Å². The molecule has 11 heteroatoms. The van der Waals surface area contributed by atoms with E-state index in [0.29, 0.717) is 18.0 Å². The Labute approximate surface area is 239 Å². The summed E-state index contributed by atoms with van der Waals surface area (Å²) >= 11 is 5.87. The van der Waals surface area contributed by atoms with Crippen molar-refractivity contribution in [3.8, 4) is 0 Å². The fourth-order valence-corrected chi connectivity index (χ4v) is 4.78. The number of nitrogens with one attached hydrogen (secondary N) is 2. The van der Waals surface area contributed by atoms with Gasteiger partial charge in [0.2, 0.25) is 0 Å². The lowest BCUT2D eigenvalue weighted by atomic mass is 10.1. The Morgan fingerprint density at radius 1 is 0.950 bits per heavy atom. The van der Waals surface area contributed by atoms with Gasteiger partial charge >= 0.3 is 5.97 Å². The van der Waals surface area contributed by atoms with Crippen LogP contribution in [0.25, 0.3) is 0 Å². The number of nitrogens with zero attached hydrogens (tertiary/aromatic N) is 1. The normalized spacial score (nSPS) is 11.9. The number of amides is 2. The molecule has 0 bridgehead atoms. The molecule has 0 spiro atoms. The number of pyridine rings is 1. The molecule has 0 aliphatic heterocycles. The molecular weight excluding hydrogens is 554 g/mol. The Morgan fingerprint density at radius 3 is 2.25 bits per heavy atom. The van der Waals surface area contributed by atoms with Crippen molar-refractivity contribution in [3.63, 3.8) is 0 Å². The van der Waals surface area contributed by atoms with Gasteiger partial charge in [-0.1, -0.05) is 50.4 Å². The summed E-state index contributed by atoms with van der Waals surface area (Å²) in [5.41, 5.74) is 1.25. The zero-order chi connectivity index (χ0) is 29.1. The third-order valence-corrected chi connectivity index (χ3v) is 7.65. The molecule has 0 radical (unpaired) electrons. The number of aromatic nitrogens is 1. The van der Waals surface area contributed by atoms with E-state index in [1.54, 1.807) is 12.1 Å². The largest absolute Gasteiger partial charge is 0.461 e. The summed E-state index contributed by atoms with van der Waals surface area (Å²) in [6.45, 7) is 4.75. The van der Waals surface area contributed by atoms with E-state index in [2.05, 4.69) is 17.2 Å². The number of hydrogen-bond acceptors (Lipinski definition) is 7. The predicted octanol–water partition coefficient (Wildman–Crippen LogP) is 4.81. The molecule has 2 N–H and O–H groups in total. The smallest absolute Gasteiger partial charge is 0.356 e. The van der Waals surface area contributed by atoms with Crippen LogP contribution in [0.3, 0.4) is 0 Å². The van der Waals surface area contributed by atoms with Crippen LogP contribution < -0.4 is 10.0 Å². The molecule has 0 aliphatic carbocycles. The number of sulfonamides is 1. The van der Waals surface area contributed by atoms with Crippen molar-refractivity contribution in [2.24, 2.45) is 5.92 Å². The van der Waals surface area contributed by atoms with Gasteiger partial charge in [-0.2, -0.15) is 0 Å². The van der Waals surface area contributed by atoms with Crippen molar-refractivity contribution in [2.45, 2.75) is 44.4 Å². The van der Waals surface area contributed by atoms with Gasteiger partial charge < -0.3 is 10.1 Å². The molecule has 40 heavy (non-hydrogen) atoms. The Bertz CT molecular complexity index is 1410. The summed E-state index contributed by atoms with van der Waals surface area (Å²) in [6.07, 6.45) is 4.78. The fraction of sp³-hybridized carbons (Fsp3) is 0.310. The van der Waals surface area contributed by atoms with E-state index in [1.807, 2.05) is 23.8 Å². The van der Waals surface area contributed by atoms with Crippen LogP contribution in [0.4, 0.5) is 0 Å². The van der Waals surface area contributed by atoms with E-state index in [9.17, 15) is 22.8 Å². The van der Waals surface area contributed by atoms with Gasteiger partial charge in [0.15, 0.2) is 0 Å². The van der Waals surface area contributed by atoms with E-state index < -0.39 is 21.9 Å². The van der Waals surface area contributed by atoms with Gasteiger partial charge in [0.1, 0.15) is 5.69 Å². The maximum atomic E-state index is 12.7. The summed E-state index contributed by atoms with van der Waals surface area (Å²) in [5.74, 6) is -1.66. The fourth-order valence-electron chi connectivity index (χ4n) is 3.68. The van der Waals surface area contributed by atoms with Gasteiger partial charge in [0.05, 0.1) is 17.1 Å². The Kier molecular flexibility index (Phi) is 11.2. The van der Waals surface area contributed by atoms with Gasteiger partial charge in [-0.15, -0.1) is 0 Å². The highest BCUT2D eigenvalue weighted by molar-refractivity contribution is 7.90. The van der Waals surface area contributed by atoms with Gasteiger partial charge in [-0.05, 0) is 72.9 Å². The number of unbranched alkanes of at least 4 members (excludes halogenated alkanes) is 1. The Morgan fingerprint density at radius 2 is 1.62 bits per heavy atom. The molecule has 1 aromatic heterocycles. The number of halogens is 1. The quantitative estimate of drug-likeness (QED) is 0.275. The number of benzene rings is 2. The van der Waals surface area contributed by atoms with Gasteiger partial charge in [0.25, 0.3) is 21.8 Å². The molecular formula is C29H32ClN3O6S. The molecule has 0 fully saturated rings. The summed E-state index contributed by atoms with van der Waals surface area (Å²) in [7, 11) is -4.22. The molecule has 3 rings (SSSR count). The second kappa shape index (κ2) is 14.6. The van der Waals surface area contributed by atoms with Crippen LogP contribution in [0.2, 0.25) is 5.02 Å². The molecule has 0 saturated heterocycles. The number of esters is 1. The number of hydrogen-bond donors (Lipinski definition) is 2. The zero-order valence-electron chi connectivity index (χ0n) is 22.4. The highest BCUT2D eigenvalue weighted by Crippen LogP contribution is 2.14. The third kappa shape index (κ3) is 9.17. The molecule has 0 saturated carbocycles. The highest BCUT2D eigenvalue weighted by atomic mass is 35.5. The van der Waals surface area contributed by atoms with Crippen LogP contribution in [0, 0.1) is 5.92 Å². The first-order chi connectivity index (χ1) is 19.1. The number of carbonyl (C=O) groups excluding carboxylic acids is 3. The molecule has 2 amide bonds. The molecule has 1 atom stereocenters. The topological polar surface area (TPSA) is 132 Å². The van der Waals surface area contributed by atoms with Crippen LogP contribution in [0.1, 0.15) is 69.9 Å². The summed E-state index contributed by atoms with van der Waals surface area (Å²) in [4.78, 5) is 40.9. The minimum Gasteiger partial charge on any atom is -0.461 e.